The number of nitrogens with two attached hydrogens (primary N) is 1. The molecular weight excluding hydrogens is 152 g/mol. The molecule has 3 heteroatoms. The third-order valence-electron chi connectivity index (χ3n) is 2.32. The van der Waals surface area contributed by atoms with Crippen LogP contribution in [-0.4, -0.2) is 29.9 Å². The van der Waals surface area contributed by atoms with E-state index in [0.29, 0.717) is 6.42 Å². The number of amides is 1. The number of hydrogen-bond donors (Lipinski definition) is 1. The summed E-state index contributed by atoms with van der Waals surface area (Å²) in [6.45, 7) is 3.73. The molecule has 0 unspecified atom stereocenters. The largest absolute Gasteiger partial charge is 0.341 e. The molecule has 1 atom stereocenters. The summed E-state index contributed by atoms with van der Waals surface area (Å²) in [7, 11) is 0. The zero-order valence-electron chi connectivity index (χ0n) is 7.75. The lowest BCUT2D eigenvalue weighted by molar-refractivity contribution is -0.130. The van der Waals surface area contributed by atoms with E-state index < -0.39 is 0 Å². The molecule has 0 aromatic heterocycles. The molecule has 0 aliphatic carbocycles. The first kappa shape index (κ1) is 9.52. The van der Waals surface area contributed by atoms with E-state index in [4.69, 9.17) is 5.73 Å². The molecule has 3 nitrogen and oxygen atoms in total. The molecule has 1 fully saturated rings. The molecule has 12 heavy (non-hydrogen) atoms. The van der Waals surface area contributed by atoms with Crippen molar-refractivity contribution in [2.45, 2.75) is 38.6 Å². The minimum absolute atomic E-state index is 0.218. The number of nitrogens with zero attached hydrogens (tertiary/aromatic N) is 1. The van der Waals surface area contributed by atoms with Crippen molar-refractivity contribution in [3.63, 3.8) is 0 Å². The van der Waals surface area contributed by atoms with E-state index in [1.165, 1.54) is 0 Å². The van der Waals surface area contributed by atoms with Gasteiger partial charge in [-0.2, -0.15) is 0 Å². The summed E-state index contributed by atoms with van der Waals surface area (Å²) in [6.07, 6.45) is 3.76. The van der Waals surface area contributed by atoms with Crippen LogP contribution in [0.2, 0.25) is 0 Å². The monoisotopic (exact) mass is 170 g/mol. The van der Waals surface area contributed by atoms with Crippen LogP contribution in [0.5, 0.6) is 0 Å². The third-order valence-corrected chi connectivity index (χ3v) is 2.32. The summed E-state index contributed by atoms with van der Waals surface area (Å²) in [5.41, 5.74) is 5.70. The molecule has 70 valence electrons. The molecule has 2 N–H and O–H groups in total. The lowest BCUT2D eigenvalue weighted by atomic mass is 10.2. The van der Waals surface area contributed by atoms with E-state index >= 15 is 0 Å². The molecule has 1 heterocycles. The molecule has 1 aliphatic rings. The Morgan fingerprint density at radius 1 is 1.67 bits per heavy atom. The van der Waals surface area contributed by atoms with Gasteiger partial charge >= 0.3 is 0 Å². The summed E-state index contributed by atoms with van der Waals surface area (Å²) in [6, 6.07) is 0.218. The van der Waals surface area contributed by atoms with Crippen molar-refractivity contribution in [3.8, 4) is 0 Å². The summed E-state index contributed by atoms with van der Waals surface area (Å²) in [5, 5.41) is 0. The number of unbranched alkanes of at least 4 members (excludes halogenated alkanes) is 1. The highest BCUT2D eigenvalue weighted by Crippen LogP contribution is 2.09. The van der Waals surface area contributed by atoms with Crippen LogP contribution in [0.15, 0.2) is 0 Å². The quantitative estimate of drug-likeness (QED) is 0.679. The maximum atomic E-state index is 11.4. The minimum Gasteiger partial charge on any atom is -0.341 e. The van der Waals surface area contributed by atoms with Gasteiger partial charge in [0.25, 0.3) is 0 Å². The molecule has 1 saturated heterocycles. The summed E-state index contributed by atoms with van der Waals surface area (Å²) in [5.74, 6) is 0.282. The van der Waals surface area contributed by atoms with Crippen LogP contribution >= 0.6 is 0 Å². The van der Waals surface area contributed by atoms with E-state index in [9.17, 15) is 4.79 Å². The van der Waals surface area contributed by atoms with Crippen molar-refractivity contribution >= 4 is 5.91 Å². The Morgan fingerprint density at radius 3 is 2.92 bits per heavy atom. The maximum absolute atomic E-state index is 11.4. The molecular formula is C9H18N2O. The van der Waals surface area contributed by atoms with Crippen molar-refractivity contribution in [1.82, 2.24) is 4.90 Å². The second-order valence-electron chi connectivity index (χ2n) is 3.49. The number of rotatable bonds is 3. The van der Waals surface area contributed by atoms with Gasteiger partial charge < -0.3 is 10.6 Å². The van der Waals surface area contributed by atoms with Crippen molar-refractivity contribution in [3.05, 3.63) is 0 Å². The van der Waals surface area contributed by atoms with Gasteiger partial charge in [0.15, 0.2) is 0 Å². The lowest BCUT2D eigenvalue weighted by Gasteiger charge is -2.14. The van der Waals surface area contributed by atoms with Crippen LogP contribution in [0.4, 0.5) is 0 Å². The van der Waals surface area contributed by atoms with Crippen LogP contribution < -0.4 is 5.73 Å². The van der Waals surface area contributed by atoms with Crippen molar-refractivity contribution in [2.75, 3.05) is 13.1 Å². The van der Waals surface area contributed by atoms with Gasteiger partial charge in [-0.25, -0.2) is 0 Å². The molecule has 0 bridgehead atoms. The van der Waals surface area contributed by atoms with Crippen LogP contribution in [0.3, 0.4) is 0 Å². The number of hydrogen-bond acceptors (Lipinski definition) is 2. The van der Waals surface area contributed by atoms with Crippen molar-refractivity contribution in [1.29, 1.82) is 0 Å². The molecule has 0 radical (unpaired) electrons. The third kappa shape index (κ3) is 2.48. The number of likely N-dealkylation sites (tertiary alicyclic amines) is 1. The van der Waals surface area contributed by atoms with Gasteiger partial charge in [0.05, 0.1) is 0 Å². The Kier molecular flexibility index (Phi) is 3.53. The normalized spacial score (nSPS) is 23.2. The standard InChI is InChI=1S/C9H18N2O/c1-2-3-4-9(12)11-6-5-8(10)7-11/h8H,2-7,10H2,1H3/t8-/m1/s1. The fourth-order valence-corrected chi connectivity index (χ4v) is 1.50. The summed E-state index contributed by atoms with van der Waals surface area (Å²) < 4.78 is 0. The lowest BCUT2D eigenvalue weighted by Crippen LogP contribution is -2.31. The Hall–Kier alpha value is -0.570. The van der Waals surface area contributed by atoms with Crippen LogP contribution in [-0.2, 0) is 4.79 Å². The molecule has 1 rings (SSSR count). The first-order valence-electron chi connectivity index (χ1n) is 4.77. The smallest absolute Gasteiger partial charge is 0.222 e. The SMILES string of the molecule is CCCCC(=O)N1CC[C@@H](N)C1. The van der Waals surface area contributed by atoms with E-state index in [-0.39, 0.29) is 11.9 Å². The molecule has 1 amide bonds. The molecule has 0 spiro atoms. The second kappa shape index (κ2) is 4.45. The molecule has 1 aliphatic heterocycles. The maximum Gasteiger partial charge on any atom is 0.222 e. The molecule has 0 aromatic carbocycles. The minimum atomic E-state index is 0.218. The highest BCUT2D eigenvalue weighted by Gasteiger charge is 2.22. The number of carbonyl (C=O) groups excluding carboxylic acids is 1. The van der Waals surface area contributed by atoms with Gasteiger partial charge in [0.2, 0.25) is 5.91 Å². The van der Waals surface area contributed by atoms with Gasteiger partial charge in [0.1, 0.15) is 0 Å². The number of carbonyl (C=O) groups is 1. The Labute approximate surface area is 73.9 Å². The topological polar surface area (TPSA) is 46.3 Å². The predicted octanol–water partition coefficient (Wildman–Crippen LogP) is 0.736. The van der Waals surface area contributed by atoms with Gasteiger partial charge in [0, 0.05) is 25.6 Å². The van der Waals surface area contributed by atoms with Crippen LogP contribution in [0.1, 0.15) is 32.6 Å². The fraction of sp³-hybridized carbons (Fsp3) is 0.889. The highest BCUT2D eigenvalue weighted by atomic mass is 16.2. The Balaban J connectivity index is 2.23. The summed E-state index contributed by atoms with van der Waals surface area (Å²) >= 11 is 0. The van der Waals surface area contributed by atoms with Crippen molar-refractivity contribution < 1.29 is 4.79 Å². The average molecular weight is 170 g/mol. The Bertz CT molecular complexity index is 159. The average Bonchev–Trinajstić information content (AvgIpc) is 2.47. The van der Waals surface area contributed by atoms with E-state index in [1.54, 1.807) is 0 Å². The van der Waals surface area contributed by atoms with E-state index in [2.05, 4.69) is 6.92 Å². The van der Waals surface area contributed by atoms with Crippen molar-refractivity contribution in [2.24, 2.45) is 5.73 Å². The summed E-state index contributed by atoms with van der Waals surface area (Å²) in [4.78, 5) is 13.3. The van der Waals surface area contributed by atoms with Gasteiger partial charge in [-0.3, -0.25) is 4.79 Å². The predicted molar refractivity (Wildman–Crippen MR) is 48.7 cm³/mol. The second-order valence-corrected chi connectivity index (χ2v) is 3.49. The van der Waals surface area contributed by atoms with E-state index in [0.717, 1.165) is 32.4 Å². The van der Waals surface area contributed by atoms with Gasteiger partial charge in [-0.05, 0) is 12.8 Å². The zero-order chi connectivity index (χ0) is 8.97. The van der Waals surface area contributed by atoms with Gasteiger partial charge in [-0.1, -0.05) is 13.3 Å². The molecule has 0 saturated carbocycles. The van der Waals surface area contributed by atoms with E-state index in [1.807, 2.05) is 4.90 Å². The first-order valence-corrected chi connectivity index (χ1v) is 4.77. The zero-order valence-corrected chi connectivity index (χ0v) is 7.75. The Morgan fingerprint density at radius 2 is 2.42 bits per heavy atom. The van der Waals surface area contributed by atoms with Crippen LogP contribution in [0.25, 0.3) is 0 Å². The first-order chi connectivity index (χ1) is 5.74. The highest BCUT2D eigenvalue weighted by molar-refractivity contribution is 5.76. The van der Waals surface area contributed by atoms with Gasteiger partial charge in [-0.15, -0.1) is 0 Å². The fourth-order valence-electron chi connectivity index (χ4n) is 1.50. The molecule has 0 aromatic rings. The van der Waals surface area contributed by atoms with Crippen LogP contribution in [0, 0.1) is 0 Å².